The number of hydrogen-bond donors (Lipinski definition) is 0. The monoisotopic (exact) mass is 250 g/mol. The van der Waals surface area contributed by atoms with Crippen LogP contribution in [0.3, 0.4) is 0 Å². The number of halogens is 2. The smallest absolute Gasteiger partial charge is 0.269 e. The molecule has 0 aliphatic carbocycles. The highest BCUT2D eigenvalue weighted by Gasteiger charge is 2.10. The van der Waals surface area contributed by atoms with Crippen molar-refractivity contribution in [1.82, 2.24) is 8.65 Å². The van der Waals surface area contributed by atoms with Crippen LogP contribution >= 0.6 is 23.4 Å². The molecular formula is C9H12Cl2N2O2. The molecule has 15 heavy (non-hydrogen) atoms. The molecule has 0 saturated carbocycles. The average Bonchev–Trinajstić information content (AvgIpc) is 2.21. The molecule has 1 rings (SSSR count). The van der Waals surface area contributed by atoms with E-state index in [4.69, 9.17) is 23.4 Å². The Labute approximate surface area is 97.2 Å². The Morgan fingerprint density at radius 3 is 2.60 bits per heavy atom. The van der Waals surface area contributed by atoms with Crippen LogP contribution in [0.25, 0.3) is 0 Å². The predicted molar refractivity (Wildman–Crippen MR) is 60.7 cm³/mol. The summed E-state index contributed by atoms with van der Waals surface area (Å²) in [4.78, 5) is 23.0. The molecule has 0 amide bonds. The molecule has 0 spiro atoms. The van der Waals surface area contributed by atoms with Crippen LogP contribution in [-0.2, 0) is 6.54 Å². The summed E-state index contributed by atoms with van der Waals surface area (Å²) in [7, 11) is 0. The standard InChI is InChI=1S/C9H12Cl2N2O2/c1-3-6(2)5-12-8(14)4-7(10)13(11)9(12)15/h4,6H,3,5H2,1-2H3. The summed E-state index contributed by atoms with van der Waals surface area (Å²) in [5.74, 6) is 0.244. The highest BCUT2D eigenvalue weighted by Crippen LogP contribution is 2.05. The molecule has 1 aromatic rings. The molecule has 1 aromatic heterocycles. The summed E-state index contributed by atoms with van der Waals surface area (Å²) in [5.41, 5.74) is -1.00. The molecule has 4 nitrogen and oxygen atoms in total. The molecule has 84 valence electrons. The van der Waals surface area contributed by atoms with E-state index in [1.165, 1.54) is 0 Å². The second-order valence-corrected chi connectivity index (χ2v) is 4.22. The molecule has 0 N–H and O–H groups in total. The Morgan fingerprint density at radius 2 is 2.07 bits per heavy atom. The lowest BCUT2D eigenvalue weighted by Gasteiger charge is -2.10. The predicted octanol–water partition coefficient (Wildman–Crippen LogP) is 1.71. The third-order valence-corrected chi connectivity index (χ3v) is 2.98. The van der Waals surface area contributed by atoms with E-state index in [1.54, 1.807) is 0 Å². The van der Waals surface area contributed by atoms with Gasteiger partial charge < -0.3 is 0 Å². The SMILES string of the molecule is CCC(C)Cn1c(=O)cc(Cl)n(Cl)c1=O. The van der Waals surface area contributed by atoms with E-state index >= 15 is 0 Å². The van der Waals surface area contributed by atoms with Crippen molar-refractivity contribution >= 4 is 23.4 Å². The maximum atomic E-state index is 11.6. The lowest BCUT2D eigenvalue weighted by molar-refractivity contribution is 0.444. The van der Waals surface area contributed by atoms with Gasteiger partial charge in [-0.2, -0.15) is 4.09 Å². The molecule has 0 aromatic carbocycles. The zero-order valence-electron chi connectivity index (χ0n) is 8.54. The molecule has 1 unspecified atom stereocenters. The van der Waals surface area contributed by atoms with Gasteiger partial charge in [0.05, 0.1) is 0 Å². The fourth-order valence-electron chi connectivity index (χ4n) is 1.14. The topological polar surface area (TPSA) is 44.0 Å². The quantitative estimate of drug-likeness (QED) is 0.767. The minimum absolute atomic E-state index is 0.0629. The Kier molecular flexibility index (Phi) is 3.99. The first-order valence-corrected chi connectivity index (χ1v) is 5.37. The van der Waals surface area contributed by atoms with E-state index in [9.17, 15) is 9.59 Å². The molecule has 0 radical (unpaired) electrons. The molecule has 0 saturated heterocycles. The Bertz CT molecular complexity index is 464. The molecule has 0 aliphatic heterocycles. The van der Waals surface area contributed by atoms with E-state index in [0.29, 0.717) is 6.54 Å². The first-order valence-electron chi connectivity index (χ1n) is 4.66. The van der Waals surface area contributed by atoms with Crippen molar-refractivity contribution in [3.8, 4) is 0 Å². The van der Waals surface area contributed by atoms with Gasteiger partial charge in [-0.3, -0.25) is 9.36 Å². The summed E-state index contributed by atoms with van der Waals surface area (Å²) in [6, 6.07) is 1.14. The van der Waals surface area contributed by atoms with Crippen LogP contribution in [0, 0.1) is 5.92 Å². The average molecular weight is 251 g/mol. The van der Waals surface area contributed by atoms with Gasteiger partial charge in [0, 0.05) is 24.4 Å². The van der Waals surface area contributed by atoms with E-state index in [0.717, 1.165) is 21.1 Å². The Balaban J connectivity index is 3.25. The van der Waals surface area contributed by atoms with Gasteiger partial charge in [0.15, 0.2) is 0 Å². The third kappa shape index (κ3) is 2.63. The van der Waals surface area contributed by atoms with Crippen LogP contribution in [0.15, 0.2) is 15.7 Å². The first kappa shape index (κ1) is 12.3. The van der Waals surface area contributed by atoms with Gasteiger partial charge in [0.25, 0.3) is 5.56 Å². The molecule has 1 atom stereocenters. The Morgan fingerprint density at radius 1 is 1.47 bits per heavy atom. The second-order valence-electron chi connectivity index (χ2n) is 3.49. The van der Waals surface area contributed by atoms with Gasteiger partial charge in [-0.15, -0.1) is 0 Å². The number of rotatable bonds is 3. The lowest BCUT2D eigenvalue weighted by Crippen LogP contribution is -2.38. The van der Waals surface area contributed by atoms with Gasteiger partial charge in [-0.25, -0.2) is 4.79 Å². The third-order valence-electron chi connectivity index (χ3n) is 2.29. The summed E-state index contributed by atoms with van der Waals surface area (Å²) in [5, 5.41) is -0.0629. The van der Waals surface area contributed by atoms with Gasteiger partial charge in [0.1, 0.15) is 5.15 Å². The lowest BCUT2D eigenvalue weighted by atomic mass is 10.1. The van der Waals surface area contributed by atoms with Crippen LogP contribution in [0.4, 0.5) is 0 Å². The summed E-state index contributed by atoms with van der Waals surface area (Å²) in [6.45, 7) is 4.31. The zero-order valence-corrected chi connectivity index (χ0v) is 10.0. The molecule has 0 fully saturated rings. The van der Waals surface area contributed by atoms with Crippen molar-refractivity contribution in [2.24, 2.45) is 5.92 Å². The summed E-state index contributed by atoms with van der Waals surface area (Å²) >= 11 is 11.2. The largest absolute Gasteiger partial charge is 0.347 e. The molecule has 0 aliphatic rings. The fraction of sp³-hybridized carbons (Fsp3) is 0.556. The highest BCUT2D eigenvalue weighted by molar-refractivity contribution is 6.32. The van der Waals surface area contributed by atoms with Crippen molar-refractivity contribution in [1.29, 1.82) is 0 Å². The fourth-order valence-corrected chi connectivity index (χ4v) is 1.44. The van der Waals surface area contributed by atoms with Crippen LogP contribution < -0.4 is 11.2 Å². The first-order chi connectivity index (χ1) is 6.97. The molecule has 0 bridgehead atoms. The molecule has 6 heteroatoms. The number of nitrogens with zero attached hydrogens (tertiary/aromatic N) is 2. The van der Waals surface area contributed by atoms with Gasteiger partial charge >= 0.3 is 5.69 Å². The van der Waals surface area contributed by atoms with Crippen LogP contribution in [0.1, 0.15) is 20.3 Å². The minimum Gasteiger partial charge on any atom is -0.269 e. The van der Waals surface area contributed by atoms with E-state index in [-0.39, 0.29) is 11.1 Å². The maximum absolute atomic E-state index is 11.6. The van der Waals surface area contributed by atoms with E-state index in [1.807, 2.05) is 13.8 Å². The van der Waals surface area contributed by atoms with E-state index in [2.05, 4.69) is 0 Å². The maximum Gasteiger partial charge on any atom is 0.347 e. The van der Waals surface area contributed by atoms with Crippen LogP contribution in [0.2, 0.25) is 5.15 Å². The molecular weight excluding hydrogens is 239 g/mol. The normalized spacial score (nSPS) is 12.8. The highest BCUT2D eigenvalue weighted by atomic mass is 35.5. The second kappa shape index (κ2) is 4.86. The molecule has 1 heterocycles. The van der Waals surface area contributed by atoms with Gasteiger partial charge in [-0.05, 0) is 5.92 Å². The van der Waals surface area contributed by atoms with Crippen molar-refractivity contribution in [3.63, 3.8) is 0 Å². The van der Waals surface area contributed by atoms with Crippen molar-refractivity contribution < 1.29 is 0 Å². The van der Waals surface area contributed by atoms with Crippen LogP contribution in [0.5, 0.6) is 0 Å². The van der Waals surface area contributed by atoms with Gasteiger partial charge in [0.2, 0.25) is 0 Å². The van der Waals surface area contributed by atoms with E-state index < -0.39 is 11.2 Å². The minimum atomic E-state index is -0.588. The summed E-state index contributed by atoms with van der Waals surface area (Å²) < 4.78 is 1.83. The van der Waals surface area contributed by atoms with Gasteiger partial charge in [-0.1, -0.05) is 31.9 Å². The van der Waals surface area contributed by atoms with Crippen molar-refractivity contribution in [3.05, 3.63) is 32.1 Å². The van der Waals surface area contributed by atoms with Crippen molar-refractivity contribution in [2.45, 2.75) is 26.8 Å². The number of aromatic nitrogens is 2. The zero-order chi connectivity index (χ0) is 11.6. The Hall–Kier alpha value is -0.740. The summed E-state index contributed by atoms with van der Waals surface area (Å²) in [6.07, 6.45) is 0.886. The van der Waals surface area contributed by atoms with Crippen LogP contribution in [-0.4, -0.2) is 8.65 Å². The number of hydrogen-bond acceptors (Lipinski definition) is 2. The van der Waals surface area contributed by atoms with Crippen molar-refractivity contribution in [2.75, 3.05) is 0 Å².